The summed E-state index contributed by atoms with van der Waals surface area (Å²) in [5, 5.41) is 35.5. The number of aromatic nitrogens is 2. The molecule has 0 aliphatic heterocycles. The molecule has 2 aromatic carbocycles. The first-order valence-corrected chi connectivity index (χ1v) is 19.6. The highest BCUT2D eigenvalue weighted by Crippen LogP contribution is 2.17. The van der Waals surface area contributed by atoms with Gasteiger partial charge in [-0.05, 0) is 59.1 Å². The Bertz CT molecular complexity index is 1730. The number of urea groups is 2. The summed E-state index contributed by atoms with van der Waals surface area (Å²) in [5.74, 6) is -1.78. The molecule has 0 saturated carbocycles. The summed E-state index contributed by atoms with van der Waals surface area (Å²) in [7, 11) is 3.24. The van der Waals surface area contributed by atoms with E-state index in [1.165, 1.54) is 9.80 Å². The van der Waals surface area contributed by atoms with Crippen molar-refractivity contribution in [3.05, 3.63) is 132 Å². The largest absolute Gasteiger partial charge is 0.388 e. The summed E-state index contributed by atoms with van der Waals surface area (Å²) in [6.07, 6.45) is 3.69. The van der Waals surface area contributed by atoms with Crippen molar-refractivity contribution < 1.29 is 29.4 Å². The van der Waals surface area contributed by atoms with Gasteiger partial charge >= 0.3 is 12.1 Å². The molecule has 310 valence electrons. The van der Waals surface area contributed by atoms with Crippen LogP contribution < -0.4 is 21.3 Å². The maximum Gasteiger partial charge on any atom is 0.318 e. The average molecular weight is 795 g/mol. The van der Waals surface area contributed by atoms with Gasteiger partial charge in [-0.3, -0.25) is 19.6 Å². The third kappa shape index (κ3) is 13.7. The minimum absolute atomic E-state index is 0.129. The van der Waals surface area contributed by atoms with Crippen LogP contribution in [-0.4, -0.2) is 104 Å². The van der Waals surface area contributed by atoms with E-state index < -0.39 is 60.3 Å². The number of hydrogen-bond acceptors (Lipinski definition) is 8. The first kappa shape index (κ1) is 44.8. The van der Waals surface area contributed by atoms with Gasteiger partial charge in [0.2, 0.25) is 11.8 Å². The summed E-state index contributed by atoms with van der Waals surface area (Å²) in [6.45, 7) is 7.74. The standard InChI is InChI=1S/C44H58N8O6/c1-29(2)37(49-43(57)51(5)27-33-19-13-21-45-25-33)41(55)47-35(23-31-15-9-7-10-16-31)39(53)40(54)36(24-32-17-11-8-12-18-32)48-42(56)38(30(3)4)50-44(58)52(6)28-34-20-14-22-46-26-34/h7-22,25-26,29-30,35-40,53-54H,23-24,27-28H2,1-6H3,(H,47,55)(H,48,56)(H,49,57)(H,50,58)/t35-,36-,37-,38-,39-,40+/m0/s1. The second kappa shape index (κ2) is 22.2. The molecule has 4 aromatic rings. The van der Waals surface area contributed by atoms with Gasteiger partial charge in [-0.25, -0.2) is 9.59 Å². The number of nitrogens with one attached hydrogen (secondary N) is 4. The molecule has 14 heteroatoms. The van der Waals surface area contributed by atoms with Crippen molar-refractivity contribution in [1.29, 1.82) is 0 Å². The van der Waals surface area contributed by atoms with Gasteiger partial charge in [0.05, 0.1) is 12.1 Å². The van der Waals surface area contributed by atoms with Gasteiger partial charge in [0.1, 0.15) is 24.3 Å². The van der Waals surface area contributed by atoms with Crippen molar-refractivity contribution in [2.24, 2.45) is 11.8 Å². The normalized spacial score (nSPS) is 14.3. The lowest BCUT2D eigenvalue weighted by molar-refractivity contribution is -0.129. The zero-order valence-electron chi connectivity index (χ0n) is 34.2. The summed E-state index contributed by atoms with van der Waals surface area (Å²) in [5.41, 5.74) is 3.19. The second-order valence-electron chi connectivity index (χ2n) is 15.4. The Labute approximate surface area is 341 Å². The Morgan fingerprint density at radius 1 is 0.534 bits per heavy atom. The Kier molecular flexibility index (Phi) is 17.1. The number of aliphatic hydroxyl groups excluding tert-OH is 2. The molecule has 58 heavy (non-hydrogen) atoms. The summed E-state index contributed by atoms with van der Waals surface area (Å²) in [4.78, 5) is 65.8. The molecular weight excluding hydrogens is 737 g/mol. The minimum Gasteiger partial charge on any atom is -0.388 e. The van der Waals surface area contributed by atoms with Gasteiger partial charge in [0, 0.05) is 52.0 Å². The smallest absolute Gasteiger partial charge is 0.318 e. The van der Waals surface area contributed by atoms with Gasteiger partial charge in [0.25, 0.3) is 0 Å². The molecule has 0 radical (unpaired) electrons. The number of carbonyl (C=O) groups excluding carboxylic acids is 4. The molecular formula is C44H58N8O6. The van der Waals surface area contributed by atoms with Crippen LogP contribution in [0.5, 0.6) is 0 Å². The van der Waals surface area contributed by atoms with Crippen molar-refractivity contribution in [3.63, 3.8) is 0 Å². The van der Waals surface area contributed by atoms with E-state index in [1.54, 1.807) is 78.7 Å². The van der Waals surface area contributed by atoms with Crippen LogP contribution >= 0.6 is 0 Å². The molecule has 0 aliphatic rings. The van der Waals surface area contributed by atoms with E-state index in [2.05, 4.69) is 31.2 Å². The highest BCUT2D eigenvalue weighted by atomic mass is 16.3. The number of carbonyl (C=O) groups is 4. The maximum absolute atomic E-state index is 14.0. The van der Waals surface area contributed by atoms with E-state index in [1.807, 2.05) is 72.8 Å². The minimum atomic E-state index is -1.59. The molecule has 4 rings (SSSR count). The molecule has 2 aromatic heterocycles. The Hall–Kier alpha value is -5.86. The Morgan fingerprint density at radius 3 is 1.19 bits per heavy atom. The lowest BCUT2D eigenvalue weighted by atomic mass is 9.90. The summed E-state index contributed by atoms with van der Waals surface area (Å²) < 4.78 is 0. The predicted molar refractivity (Wildman–Crippen MR) is 222 cm³/mol. The van der Waals surface area contributed by atoms with Crippen LogP contribution in [-0.2, 0) is 35.5 Å². The molecule has 0 aliphatic carbocycles. The molecule has 0 bridgehead atoms. The first-order chi connectivity index (χ1) is 27.7. The second-order valence-corrected chi connectivity index (χ2v) is 15.4. The monoisotopic (exact) mass is 794 g/mol. The number of rotatable bonds is 19. The predicted octanol–water partition coefficient (Wildman–Crippen LogP) is 3.69. The molecule has 0 fully saturated rings. The van der Waals surface area contributed by atoms with Crippen LogP contribution in [0.1, 0.15) is 49.9 Å². The SMILES string of the molecule is CC(C)[C@H](NC(=O)N(C)Cc1cccnc1)C(=O)N[C@@H](Cc1ccccc1)[C@H](O)[C@H](O)[C@H](Cc1ccccc1)NC(=O)[C@@H](NC(=O)N(C)Cc1cccnc1)C(C)C. The van der Waals surface area contributed by atoms with E-state index in [-0.39, 0.29) is 37.8 Å². The number of benzene rings is 2. The van der Waals surface area contributed by atoms with Gasteiger partial charge in [-0.1, -0.05) is 100 Å². The Balaban J connectivity index is 1.56. The third-order valence-electron chi connectivity index (χ3n) is 9.86. The number of amides is 6. The van der Waals surface area contributed by atoms with E-state index in [0.29, 0.717) is 0 Å². The van der Waals surface area contributed by atoms with E-state index in [9.17, 15) is 29.4 Å². The molecule has 6 amide bonds. The summed E-state index contributed by atoms with van der Waals surface area (Å²) >= 11 is 0. The lowest BCUT2D eigenvalue weighted by Crippen LogP contribution is -2.62. The van der Waals surface area contributed by atoms with Gasteiger partial charge in [-0.15, -0.1) is 0 Å². The van der Waals surface area contributed by atoms with Gasteiger partial charge in [-0.2, -0.15) is 0 Å². The number of pyridine rings is 2. The Morgan fingerprint density at radius 2 is 0.879 bits per heavy atom. The van der Waals surface area contributed by atoms with Crippen molar-refractivity contribution in [1.82, 2.24) is 41.0 Å². The number of nitrogens with zero attached hydrogens (tertiary/aromatic N) is 4. The number of aliphatic hydroxyl groups is 2. The van der Waals surface area contributed by atoms with Gasteiger partial charge in [0.15, 0.2) is 0 Å². The van der Waals surface area contributed by atoms with Crippen molar-refractivity contribution in [2.45, 2.75) is 90.0 Å². The van der Waals surface area contributed by atoms with E-state index in [0.717, 1.165) is 22.3 Å². The number of hydrogen-bond donors (Lipinski definition) is 6. The van der Waals surface area contributed by atoms with Crippen LogP contribution in [0.4, 0.5) is 9.59 Å². The fourth-order valence-corrected chi connectivity index (χ4v) is 6.50. The molecule has 0 unspecified atom stereocenters. The molecule has 6 N–H and O–H groups in total. The molecule has 0 saturated heterocycles. The molecule has 14 nitrogen and oxygen atoms in total. The summed E-state index contributed by atoms with van der Waals surface area (Å²) in [6, 6.07) is 20.6. The fourth-order valence-electron chi connectivity index (χ4n) is 6.50. The van der Waals surface area contributed by atoms with Gasteiger partial charge < -0.3 is 41.3 Å². The topological polar surface area (TPSA) is 189 Å². The van der Waals surface area contributed by atoms with E-state index >= 15 is 0 Å². The zero-order chi connectivity index (χ0) is 42.2. The van der Waals surface area contributed by atoms with Crippen LogP contribution in [0, 0.1) is 11.8 Å². The average Bonchev–Trinajstić information content (AvgIpc) is 3.21. The lowest BCUT2D eigenvalue weighted by Gasteiger charge is -2.35. The first-order valence-electron chi connectivity index (χ1n) is 19.6. The third-order valence-corrected chi connectivity index (χ3v) is 9.86. The van der Waals surface area contributed by atoms with Crippen LogP contribution in [0.2, 0.25) is 0 Å². The highest BCUT2D eigenvalue weighted by Gasteiger charge is 2.38. The van der Waals surface area contributed by atoms with E-state index in [4.69, 9.17) is 0 Å². The van der Waals surface area contributed by atoms with Crippen molar-refractivity contribution >= 4 is 23.9 Å². The van der Waals surface area contributed by atoms with Crippen LogP contribution in [0.15, 0.2) is 110 Å². The quantitative estimate of drug-likeness (QED) is 0.0829. The zero-order valence-corrected chi connectivity index (χ0v) is 34.2. The maximum atomic E-state index is 14.0. The molecule has 2 heterocycles. The molecule has 6 atom stereocenters. The van der Waals surface area contributed by atoms with Crippen LogP contribution in [0.3, 0.4) is 0 Å². The fraction of sp³-hybridized carbons (Fsp3) is 0.409. The van der Waals surface area contributed by atoms with Crippen molar-refractivity contribution in [2.75, 3.05) is 14.1 Å². The molecule has 0 spiro atoms. The van der Waals surface area contributed by atoms with Crippen LogP contribution in [0.25, 0.3) is 0 Å². The van der Waals surface area contributed by atoms with Crippen molar-refractivity contribution in [3.8, 4) is 0 Å². The highest BCUT2D eigenvalue weighted by molar-refractivity contribution is 5.88.